The van der Waals surface area contributed by atoms with E-state index in [2.05, 4.69) is 10.3 Å². The van der Waals surface area contributed by atoms with Crippen molar-refractivity contribution in [3.8, 4) is 0 Å². The van der Waals surface area contributed by atoms with Gasteiger partial charge in [-0.3, -0.25) is 4.98 Å². The van der Waals surface area contributed by atoms with Gasteiger partial charge in [-0.25, -0.2) is 9.18 Å². The van der Waals surface area contributed by atoms with Crippen molar-refractivity contribution in [1.82, 2.24) is 15.2 Å². The molecule has 1 aromatic carbocycles. The maximum absolute atomic E-state index is 13.0. The van der Waals surface area contributed by atoms with Gasteiger partial charge in [0.25, 0.3) is 0 Å². The summed E-state index contributed by atoms with van der Waals surface area (Å²) in [7, 11) is 0. The third kappa shape index (κ3) is 3.91. The highest BCUT2D eigenvalue weighted by Gasteiger charge is 2.40. The second-order valence-electron chi connectivity index (χ2n) is 6.53. The maximum Gasteiger partial charge on any atom is 0.318 e. The number of carbonyl (C=O) groups excluding carboxylic acids is 1. The number of carbonyl (C=O) groups is 1. The number of aromatic nitrogens is 1. The molecule has 1 aliphatic carbocycles. The van der Waals surface area contributed by atoms with Gasteiger partial charge in [-0.2, -0.15) is 0 Å². The number of halogens is 1. The molecule has 1 aliphatic rings. The summed E-state index contributed by atoms with van der Waals surface area (Å²) in [6, 6.07) is 10.5. The first-order chi connectivity index (χ1) is 11.5. The van der Waals surface area contributed by atoms with E-state index in [0.29, 0.717) is 6.54 Å². The Kier molecular flexibility index (Phi) is 4.79. The van der Waals surface area contributed by atoms with Crippen molar-refractivity contribution in [3.05, 3.63) is 65.7 Å². The normalized spacial score (nSPS) is 19.2. The van der Waals surface area contributed by atoms with Crippen LogP contribution in [0, 0.1) is 5.82 Å². The molecule has 2 unspecified atom stereocenters. The number of pyridine rings is 1. The lowest BCUT2D eigenvalue weighted by atomic mass is 10.1. The van der Waals surface area contributed by atoms with E-state index in [9.17, 15) is 9.18 Å². The van der Waals surface area contributed by atoms with Gasteiger partial charge in [0, 0.05) is 36.9 Å². The summed E-state index contributed by atoms with van der Waals surface area (Å²) >= 11 is 0. The molecule has 2 atom stereocenters. The second kappa shape index (κ2) is 6.99. The molecule has 2 amide bonds. The number of hydrogen-bond donors (Lipinski definition) is 1. The van der Waals surface area contributed by atoms with Crippen molar-refractivity contribution in [2.45, 2.75) is 44.8 Å². The molecule has 1 heterocycles. The highest BCUT2D eigenvalue weighted by atomic mass is 19.1. The largest absolute Gasteiger partial charge is 0.335 e. The molecule has 126 valence electrons. The summed E-state index contributed by atoms with van der Waals surface area (Å²) in [6.45, 7) is 4.53. The molecule has 5 heteroatoms. The Bertz CT molecular complexity index is 688. The van der Waals surface area contributed by atoms with E-state index in [-0.39, 0.29) is 29.8 Å². The lowest BCUT2D eigenvalue weighted by Gasteiger charge is -2.27. The van der Waals surface area contributed by atoms with Crippen LogP contribution in [0.25, 0.3) is 0 Å². The van der Waals surface area contributed by atoms with Crippen molar-refractivity contribution >= 4 is 6.03 Å². The third-order valence-electron chi connectivity index (χ3n) is 4.36. The van der Waals surface area contributed by atoms with Crippen molar-refractivity contribution in [2.75, 3.05) is 0 Å². The molecule has 4 nitrogen and oxygen atoms in total. The highest BCUT2D eigenvalue weighted by Crippen LogP contribution is 2.40. The molecule has 2 aromatic rings. The van der Waals surface area contributed by atoms with Gasteiger partial charge in [0.15, 0.2) is 0 Å². The van der Waals surface area contributed by atoms with Crippen molar-refractivity contribution in [1.29, 1.82) is 0 Å². The van der Waals surface area contributed by atoms with Crippen LogP contribution in [-0.4, -0.2) is 28.0 Å². The number of nitrogens with zero attached hydrogens (tertiary/aromatic N) is 2. The fourth-order valence-electron chi connectivity index (χ4n) is 2.85. The Morgan fingerprint density at radius 2 is 2.08 bits per heavy atom. The van der Waals surface area contributed by atoms with Crippen LogP contribution in [-0.2, 0) is 6.54 Å². The summed E-state index contributed by atoms with van der Waals surface area (Å²) in [5.41, 5.74) is 2.08. The van der Waals surface area contributed by atoms with E-state index >= 15 is 0 Å². The first-order valence-electron chi connectivity index (χ1n) is 8.26. The quantitative estimate of drug-likeness (QED) is 0.910. The lowest BCUT2D eigenvalue weighted by molar-refractivity contribution is 0.179. The molecule has 24 heavy (non-hydrogen) atoms. The SMILES string of the molecule is CC(C)N(Cc1cccnc1)C(=O)NC1CC1c1ccc(F)cc1. The molecule has 1 aromatic heterocycles. The maximum atomic E-state index is 13.0. The second-order valence-corrected chi connectivity index (χ2v) is 6.53. The van der Waals surface area contributed by atoms with Gasteiger partial charge in [-0.05, 0) is 49.6 Å². The summed E-state index contributed by atoms with van der Waals surface area (Å²) < 4.78 is 13.0. The minimum atomic E-state index is -0.234. The number of rotatable bonds is 5. The number of hydrogen-bond acceptors (Lipinski definition) is 2. The zero-order valence-corrected chi connectivity index (χ0v) is 13.9. The highest BCUT2D eigenvalue weighted by molar-refractivity contribution is 5.75. The zero-order chi connectivity index (χ0) is 17.1. The van der Waals surface area contributed by atoms with E-state index < -0.39 is 0 Å². The Labute approximate surface area is 141 Å². The Hall–Kier alpha value is -2.43. The summed E-state index contributed by atoms with van der Waals surface area (Å²) in [4.78, 5) is 18.5. The molecular weight excluding hydrogens is 305 g/mol. The van der Waals surface area contributed by atoms with Gasteiger partial charge in [0.2, 0.25) is 0 Å². The van der Waals surface area contributed by atoms with Crippen LogP contribution in [0.1, 0.15) is 37.3 Å². The summed E-state index contributed by atoms with van der Waals surface area (Å²) in [5.74, 6) is 0.0457. The molecule has 1 N–H and O–H groups in total. The van der Waals surface area contributed by atoms with Crippen LogP contribution in [0.2, 0.25) is 0 Å². The average Bonchev–Trinajstić information content (AvgIpc) is 3.33. The Morgan fingerprint density at radius 1 is 1.33 bits per heavy atom. The molecule has 0 radical (unpaired) electrons. The van der Waals surface area contributed by atoms with E-state index in [1.807, 2.05) is 26.0 Å². The predicted molar refractivity (Wildman–Crippen MR) is 91.0 cm³/mol. The van der Waals surface area contributed by atoms with E-state index in [1.54, 1.807) is 29.4 Å². The predicted octanol–water partition coefficient (Wildman–Crippen LogP) is 3.70. The Morgan fingerprint density at radius 3 is 2.71 bits per heavy atom. The zero-order valence-electron chi connectivity index (χ0n) is 13.9. The van der Waals surface area contributed by atoms with Crippen LogP contribution in [0.15, 0.2) is 48.8 Å². The smallest absolute Gasteiger partial charge is 0.318 e. The topological polar surface area (TPSA) is 45.2 Å². The minimum Gasteiger partial charge on any atom is -0.335 e. The summed E-state index contributed by atoms with van der Waals surface area (Å²) in [5, 5.41) is 3.09. The van der Waals surface area contributed by atoms with Crippen molar-refractivity contribution in [2.24, 2.45) is 0 Å². The van der Waals surface area contributed by atoms with Crippen LogP contribution in [0.4, 0.5) is 9.18 Å². The van der Waals surface area contributed by atoms with Crippen LogP contribution in [0.3, 0.4) is 0 Å². The van der Waals surface area contributed by atoms with Gasteiger partial charge < -0.3 is 10.2 Å². The number of amides is 2. The monoisotopic (exact) mass is 327 g/mol. The van der Waals surface area contributed by atoms with Crippen LogP contribution < -0.4 is 5.32 Å². The lowest BCUT2D eigenvalue weighted by Crippen LogP contribution is -2.44. The first-order valence-corrected chi connectivity index (χ1v) is 8.26. The Balaban J connectivity index is 1.59. The van der Waals surface area contributed by atoms with Gasteiger partial charge >= 0.3 is 6.03 Å². The molecule has 0 saturated heterocycles. The fourth-order valence-corrected chi connectivity index (χ4v) is 2.85. The van der Waals surface area contributed by atoms with Gasteiger partial charge in [0.1, 0.15) is 5.82 Å². The molecule has 1 saturated carbocycles. The van der Waals surface area contributed by atoms with Gasteiger partial charge in [-0.1, -0.05) is 18.2 Å². The average molecular weight is 327 g/mol. The van der Waals surface area contributed by atoms with E-state index in [0.717, 1.165) is 17.5 Å². The van der Waals surface area contributed by atoms with Gasteiger partial charge in [0.05, 0.1) is 0 Å². The molecule has 3 rings (SSSR count). The molecule has 0 bridgehead atoms. The molecule has 1 fully saturated rings. The number of urea groups is 1. The summed E-state index contributed by atoms with van der Waals surface area (Å²) in [6.07, 6.45) is 4.40. The van der Waals surface area contributed by atoms with E-state index in [1.165, 1.54) is 12.1 Å². The van der Waals surface area contributed by atoms with Crippen molar-refractivity contribution in [3.63, 3.8) is 0 Å². The van der Waals surface area contributed by atoms with Gasteiger partial charge in [-0.15, -0.1) is 0 Å². The van der Waals surface area contributed by atoms with Crippen molar-refractivity contribution < 1.29 is 9.18 Å². The number of benzene rings is 1. The first kappa shape index (κ1) is 16.4. The molecule has 0 aliphatic heterocycles. The van der Waals surface area contributed by atoms with E-state index in [4.69, 9.17) is 0 Å². The minimum absolute atomic E-state index is 0.0662. The molecule has 0 spiro atoms. The third-order valence-corrected chi connectivity index (χ3v) is 4.36. The molecular formula is C19H22FN3O. The van der Waals surface area contributed by atoms with Crippen LogP contribution in [0.5, 0.6) is 0 Å². The fraction of sp³-hybridized carbons (Fsp3) is 0.368. The van der Waals surface area contributed by atoms with Crippen LogP contribution >= 0.6 is 0 Å². The standard InChI is InChI=1S/C19H22FN3O/c1-13(2)23(12-14-4-3-9-21-11-14)19(24)22-18-10-17(18)15-5-7-16(20)8-6-15/h3-9,11,13,17-18H,10,12H2,1-2H3,(H,22,24). The number of nitrogens with one attached hydrogen (secondary N) is 1.